The minimum absolute atomic E-state index is 0.0569. The summed E-state index contributed by atoms with van der Waals surface area (Å²) in [6, 6.07) is 8.34. The Morgan fingerprint density at radius 2 is 2.00 bits per heavy atom. The number of allylic oxidation sites excluding steroid dienone is 2. The number of aliphatic hydroxyl groups is 1. The van der Waals surface area contributed by atoms with Crippen molar-refractivity contribution < 1.29 is 23.1 Å². The van der Waals surface area contributed by atoms with Gasteiger partial charge in [-0.05, 0) is 73.6 Å². The summed E-state index contributed by atoms with van der Waals surface area (Å²) in [5.74, 6) is 0.00916. The average molecular weight is 528 g/mol. The van der Waals surface area contributed by atoms with Crippen LogP contribution in [0.4, 0.5) is 0 Å². The molecule has 1 N–H and O–H groups in total. The van der Waals surface area contributed by atoms with Gasteiger partial charge in [0.1, 0.15) is 16.7 Å². The predicted octanol–water partition coefficient (Wildman–Crippen LogP) is 3.51. The lowest BCUT2D eigenvalue weighted by Gasteiger charge is -2.37. The molecule has 1 amide bonds. The highest BCUT2D eigenvalue weighted by molar-refractivity contribution is 7.89. The molecule has 9 heteroatoms. The number of fused-ring (bicyclic) bond motifs is 1. The molecule has 37 heavy (non-hydrogen) atoms. The van der Waals surface area contributed by atoms with Gasteiger partial charge in [-0.15, -0.1) is 0 Å². The van der Waals surface area contributed by atoms with Crippen molar-refractivity contribution in [3.05, 3.63) is 59.9 Å². The smallest absolute Gasteiger partial charge is 0.247 e. The summed E-state index contributed by atoms with van der Waals surface area (Å²) < 4.78 is 35.2. The summed E-state index contributed by atoms with van der Waals surface area (Å²) >= 11 is 0. The van der Waals surface area contributed by atoms with Crippen LogP contribution in [0.3, 0.4) is 0 Å². The van der Waals surface area contributed by atoms with Crippen molar-refractivity contribution in [3.63, 3.8) is 0 Å². The van der Waals surface area contributed by atoms with Crippen LogP contribution in [0.5, 0.6) is 5.75 Å². The van der Waals surface area contributed by atoms with Crippen LogP contribution in [0.15, 0.2) is 53.7 Å². The lowest BCUT2D eigenvalue weighted by molar-refractivity contribution is -0.130. The van der Waals surface area contributed by atoms with Gasteiger partial charge in [-0.2, -0.15) is 4.31 Å². The van der Waals surface area contributed by atoms with Gasteiger partial charge in [0.05, 0.1) is 19.6 Å². The van der Waals surface area contributed by atoms with Crippen LogP contribution in [0.1, 0.15) is 50.7 Å². The van der Waals surface area contributed by atoms with E-state index in [4.69, 9.17) is 4.74 Å². The van der Waals surface area contributed by atoms with Gasteiger partial charge >= 0.3 is 0 Å². The molecule has 2 aromatic rings. The predicted molar refractivity (Wildman–Crippen MR) is 142 cm³/mol. The van der Waals surface area contributed by atoms with Crippen molar-refractivity contribution in [2.24, 2.45) is 5.92 Å². The molecule has 0 saturated carbocycles. The van der Waals surface area contributed by atoms with Gasteiger partial charge in [0.2, 0.25) is 15.9 Å². The fourth-order valence-corrected chi connectivity index (χ4v) is 6.75. The maximum atomic E-state index is 13.7. The Kier molecular flexibility index (Phi) is 8.67. The average Bonchev–Trinajstić information content (AvgIpc) is 2.91. The topological polar surface area (TPSA) is 100 Å². The summed E-state index contributed by atoms with van der Waals surface area (Å²) in [5, 5.41) is 9.85. The lowest BCUT2D eigenvalue weighted by atomic mass is 9.93. The normalized spacial score (nSPS) is 22.5. The standard InChI is InChI=1S/C28H37N3O5S/c1-20-17-31(21(2)19-32)37(34,35)27-10-9-24(23-7-5-4-6-8-23)16-25(27)36-26(20)18-30(3)28(33)15-22-11-13-29-14-12-22/h7,9-14,16,20-21,26,32H,4-6,8,15,17-19H2,1-3H3/t20-,21-,26+/m1/s1. The largest absolute Gasteiger partial charge is 0.487 e. The number of sulfonamides is 1. The minimum atomic E-state index is -3.90. The first-order chi connectivity index (χ1) is 17.7. The quantitative estimate of drug-likeness (QED) is 0.592. The highest BCUT2D eigenvalue weighted by Crippen LogP contribution is 2.37. The molecule has 1 aliphatic heterocycles. The summed E-state index contributed by atoms with van der Waals surface area (Å²) in [7, 11) is -2.16. The van der Waals surface area contributed by atoms with E-state index in [2.05, 4.69) is 11.1 Å². The first kappa shape index (κ1) is 27.3. The minimum Gasteiger partial charge on any atom is -0.487 e. The Morgan fingerprint density at radius 3 is 2.68 bits per heavy atom. The van der Waals surface area contributed by atoms with Crippen LogP contribution >= 0.6 is 0 Å². The molecule has 0 spiro atoms. The highest BCUT2D eigenvalue weighted by atomic mass is 32.2. The van der Waals surface area contributed by atoms with Crippen LogP contribution in [0, 0.1) is 5.92 Å². The fraction of sp³-hybridized carbons (Fsp3) is 0.500. The maximum Gasteiger partial charge on any atom is 0.247 e. The zero-order valence-corrected chi connectivity index (χ0v) is 22.7. The molecule has 8 nitrogen and oxygen atoms in total. The molecule has 200 valence electrons. The van der Waals surface area contributed by atoms with Crippen molar-refractivity contribution >= 4 is 21.5 Å². The summed E-state index contributed by atoms with van der Waals surface area (Å²) in [5.41, 5.74) is 3.04. The number of pyridine rings is 1. The van der Waals surface area contributed by atoms with Gasteiger partial charge in [-0.1, -0.05) is 19.1 Å². The summed E-state index contributed by atoms with van der Waals surface area (Å²) in [4.78, 5) is 18.7. The van der Waals surface area contributed by atoms with Crippen molar-refractivity contribution in [3.8, 4) is 5.75 Å². The summed E-state index contributed by atoms with van der Waals surface area (Å²) in [6.45, 7) is 3.82. The molecular formula is C28H37N3O5S. The van der Waals surface area contributed by atoms with Gasteiger partial charge in [-0.25, -0.2) is 8.42 Å². The molecule has 1 aliphatic carbocycles. The number of carbonyl (C=O) groups is 1. The Balaban J connectivity index is 1.67. The van der Waals surface area contributed by atoms with E-state index in [1.807, 2.05) is 31.2 Å². The van der Waals surface area contributed by atoms with E-state index in [0.29, 0.717) is 12.3 Å². The van der Waals surface area contributed by atoms with E-state index < -0.39 is 22.2 Å². The maximum absolute atomic E-state index is 13.7. The number of aromatic nitrogens is 1. The SMILES string of the molecule is C[C@@H]1CN([C@H](C)CO)S(=O)(=O)c2ccc(C3=CCCCC3)cc2O[C@H]1CN(C)C(=O)Cc1ccncc1. The number of carbonyl (C=O) groups excluding carboxylic acids is 1. The van der Waals surface area contributed by atoms with Gasteiger partial charge in [0.25, 0.3) is 0 Å². The summed E-state index contributed by atoms with van der Waals surface area (Å²) in [6.07, 6.45) is 9.58. The van der Waals surface area contributed by atoms with Crippen LogP contribution in [-0.4, -0.2) is 72.5 Å². The number of amides is 1. The number of hydrogen-bond acceptors (Lipinski definition) is 6. The highest BCUT2D eigenvalue weighted by Gasteiger charge is 2.38. The van der Waals surface area contributed by atoms with Gasteiger partial charge in [0, 0.05) is 37.9 Å². The van der Waals surface area contributed by atoms with Crippen molar-refractivity contribution in [2.75, 3.05) is 26.7 Å². The second-order valence-corrected chi connectivity index (χ2v) is 12.0. The second-order valence-electron chi connectivity index (χ2n) is 10.2. The van der Waals surface area contributed by atoms with Crippen LogP contribution in [0.2, 0.25) is 0 Å². The van der Waals surface area contributed by atoms with E-state index in [-0.39, 0.29) is 36.3 Å². The second kappa shape index (κ2) is 11.8. The molecular weight excluding hydrogens is 490 g/mol. The number of rotatable bonds is 7. The van der Waals surface area contributed by atoms with Crippen molar-refractivity contribution in [1.82, 2.24) is 14.2 Å². The third-order valence-corrected chi connectivity index (χ3v) is 9.33. The Morgan fingerprint density at radius 1 is 1.24 bits per heavy atom. The Hall–Kier alpha value is -2.75. The molecule has 2 aliphatic rings. The van der Waals surface area contributed by atoms with E-state index in [1.54, 1.807) is 37.3 Å². The monoisotopic (exact) mass is 527 g/mol. The van der Waals surface area contributed by atoms with Gasteiger partial charge in [-0.3, -0.25) is 9.78 Å². The van der Waals surface area contributed by atoms with Gasteiger partial charge < -0.3 is 14.7 Å². The zero-order chi connectivity index (χ0) is 26.6. The molecule has 1 aromatic carbocycles. The van der Waals surface area contributed by atoms with E-state index in [0.717, 1.165) is 36.8 Å². The van der Waals surface area contributed by atoms with Crippen LogP contribution in [0.25, 0.3) is 5.57 Å². The van der Waals surface area contributed by atoms with Crippen molar-refractivity contribution in [2.45, 2.75) is 63.0 Å². The third kappa shape index (κ3) is 6.22. The number of likely N-dealkylation sites (N-methyl/N-ethyl adjacent to an activating group) is 1. The first-order valence-corrected chi connectivity index (χ1v) is 14.4. The lowest BCUT2D eigenvalue weighted by Crippen LogP contribution is -2.50. The van der Waals surface area contributed by atoms with Crippen LogP contribution < -0.4 is 4.74 Å². The number of nitrogens with zero attached hydrogens (tertiary/aromatic N) is 3. The van der Waals surface area contributed by atoms with Gasteiger partial charge in [0.15, 0.2) is 0 Å². The molecule has 1 aromatic heterocycles. The molecule has 3 atom stereocenters. The molecule has 4 rings (SSSR count). The zero-order valence-electron chi connectivity index (χ0n) is 21.8. The molecule has 0 bridgehead atoms. The molecule has 0 fully saturated rings. The first-order valence-electron chi connectivity index (χ1n) is 13.0. The number of aliphatic hydroxyl groups excluding tert-OH is 1. The number of hydrogen-bond donors (Lipinski definition) is 1. The number of ether oxygens (including phenoxy) is 1. The Labute approximate surface area is 220 Å². The fourth-order valence-electron chi connectivity index (χ4n) is 4.93. The molecule has 2 heterocycles. The van der Waals surface area contributed by atoms with E-state index >= 15 is 0 Å². The molecule has 0 unspecified atom stereocenters. The molecule has 0 radical (unpaired) electrons. The van der Waals surface area contributed by atoms with E-state index in [9.17, 15) is 18.3 Å². The van der Waals surface area contributed by atoms with Crippen LogP contribution in [-0.2, 0) is 21.2 Å². The van der Waals surface area contributed by atoms with E-state index in [1.165, 1.54) is 9.88 Å². The number of benzene rings is 1. The third-order valence-electron chi connectivity index (χ3n) is 7.31. The molecule has 0 saturated heterocycles. The Bertz CT molecular complexity index is 1230. The van der Waals surface area contributed by atoms with Crippen molar-refractivity contribution in [1.29, 1.82) is 0 Å².